The molecule has 45 heavy (non-hydrogen) atoms. The molecular formula is C40H34N4O. The second-order valence-corrected chi connectivity index (χ2v) is 12.4. The summed E-state index contributed by atoms with van der Waals surface area (Å²) in [4.78, 5) is 9.11. The van der Waals surface area contributed by atoms with Gasteiger partial charge in [0.15, 0.2) is 0 Å². The molecule has 5 heteroatoms. The number of pyridine rings is 1. The van der Waals surface area contributed by atoms with Crippen molar-refractivity contribution in [3.63, 3.8) is 0 Å². The monoisotopic (exact) mass is 589 g/mol. The van der Waals surface area contributed by atoms with E-state index in [4.69, 9.17) is 7.48 Å². The third-order valence-electron chi connectivity index (χ3n) is 8.37. The van der Waals surface area contributed by atoms with Crippen LogP contribution in [0, 0.1) is 0 Å². The van der Waals surface area contributed by atoms with Crippen LogP contribution in [0.5, 0.6) is 11.5 Å². The number of benzene rings is 5. The number of aromatic nitrogens is 2. The fraction of sp³-hybridized carbons (Fsp3) is 0.125. The van der Waals surface area contributed by atoms with Gasteiger partial charge in [0, 0.05) is 40.5 Å². The number of anilines is 4. The lowest BCUT2D eigenvalue weighted by Gasteiger charge is -2.22. The van der Waals surface area contributed by atoms with E-state index in [2.05, 4.69) is 81.5 Å². The summed E-state index contributed by atoms with van der Waals surface area (Å²) in [5.74, 6) is 1.68. The van der Waals surface area contributed by atoms with Crippen LogP contribution >= 0.6 is 0 Å². The summed E-state index contributed by atoms with van der Waals surface area (Å²) < 4.78 is 34.8. The van der Waals surface area contributed by atoms with Crippen LogP contribution in [0.3, 0.4) is 0 Å². The molecule has 3 heterocycles. The van der Waals surface area contributed by atoms with Crippen molar-refractivity contribution in [2.45, 2.75) is 26.2 Å². The third-order valence-corrected chi connectivity index (χ3v) is 8.37. The maximum Gasteiger partial charge on any atom is 0.137 e. The van der Waals surface area contributed by atoms with E-state index in [-0.39, 0.29) is 18.3 Å². The second-order valence-electron chi connectivity index (χ2n) is 12.4. The molecule has 1 aliphatic rings. The van der Waals surface area contributed by atoms with E-state index in [0.717, 1.165) is 44.6 Å². The molecule has 0 atom stereocenters. The quantitative estimate of drug-likeness (QED) is 0.200. The molecule has 0 unspecified atom stereocenters. The van der Waals surface area contributed by atoms with Crippen LogP contribution in [-0.2, 0) is 5.41 Å². The molecule has 0 N–H and O–H groups in total. The summed E-state index contributed by atoms with van der Waals surface area (Å²) in [5, 5.41) is 2.00. The van der Waals surface area contributed by atoms with Crippen molar-refractivity contribution in [2.75, 3.05) is 16.5 Å². The topological polar surface area (TPSA) is 33.5 Å². The number of para-hydroxylation sites is 4. The van der Waals surface area contributed by atoms with Crippen LogP contribution in [0.1, 0.15) is 30.4 Å². The standard InChI is InChI=1S/C40H34N4O/c1-40(2,3)28-22-23-41-39(24-28)44-35-17-8-7-16-33(35)34-21-20-32(26-38(34)44)45-31-15-11-14-30(25-31)43-27-42(29-12-5-4-6-13-29)36-18-9-10-19-37(36)43/h4-26H,27H2,1-3H3/i22D,23D,24D. The first kappa shape index (κ1) is 23.9. The molecule has 2 aromatic heterocycles. The van der Waals surface area contributed by atoms with Crippen molar-refractivity contribution in [2.24, 2.45) is 0 Å². The molecule has 0 amide bonds. The van der Waals surface area contributed by atoms with Gasteiger partial charge in [0.1, 0.15) is 24.0 Å². The maximum atomic E-state index is 9.20. The molecule has 0 spiro atoms. The summed E-state index contributed by atoms with van der Waals surface area (Å²) in [6, 6.07) is 41.1. The van der Waals surface area contributed by atoms with Gasteiger partial charge < -0.3 is 14.5 Å². The average molecular weight is 590 g/mol. The van der Waals surface area contributed by atoms with E-state index in [9.17, 15) is 1.37 Å². The van der Waals surface area contributed by atoms with E-state index < -0.39 is 5.41 Å². The fourth-order valence-corrected chi connectivity index (χ4v) is 6.15. The van der Waals surface area contributed by atoms with Gasteiger partial charge in [0.05, 0.1) is 26.5 Å². The van der Waals surface area contributed by atoms with Crippen LogP contribution in [0.15, 0.2) is 140 Å². The Hall–Kier alpha value is -5.55. The number of hydrogen-bond acceptors (Lipinski definition) is 4. The highest BCUT2D eigenvalue weighted by atomic mass is 16.5. The van der Waals surface area contributed by atoms with Gasteiger partial charge in [0.25, 0.3) is 0 Å². The zero-order valence-electron chi connectivity index (χ0n) is 28.5. The first-order valence-electron chi connectivity index (χ1n) is 16.7. The molecule has 0 bridgehead atoms. The third kappa shape index (κ3) is 4.77. The fourth-order valence-electron chi connectivity index (χ4n) is 6.15. The highest BCUT2D eigenvalue weighted by Gasteiger charge is 2.28. The van der Waals surface area contributed by atoms with Crippen LogP contribution < -0.4 is 14.5 Å². The first-order chi connectivity index (χ1) is 23.2. The predicted octanol–water partition coefficient (Wildman–Crippen LogP) is 10.5. The molecule has 5 nitrogen and oxygen atoms in total. The molecule has 220 valence electrons. The summed E-state index contributed by atoms with van der Waals surface area (Å²) in [6.07, 6.45) is -0.143. The summed E-state index contributed by atoms with van der Waals surface area (Å²) in [5.41, 5.74) is 6.12. The first-order valence-corrected chi connectivity index (χ1v) is 15.2. The van der Waals surface area contributed by atoms with Crippen LogP contribution in [0.4, 0.5) is 22.7 Å². The zero-order valence-corrected chi connectivity index (χ0v) is 25.5. The van der Waals surface area contributed by atoms with Gasteiger partial charge in [-0.15, -0.1) is 0 Å². The van der Waals surface area contributed by atoms with Gasteiger partial charge >= 0.3 is 0 Å². The lowest BCUT2D eigenvalue weighted by molar-refractivity contribution is 0.483. The minimum absolute atomic E-state index is 0.00608. The van der Waals surface area contributed by atoms with Crippen LogP contribution in [0.25, 0.3) is 27.6 Å². The number of nitrogens with zero attached hydrogens (tertiary/aromatic N) is 4. The normalized spacial score (nSPS) is 14.0. The number of fused-ring (bicyclic) bond motifs is 4. The molecule has 5 aromatic carbocycles. The molecule has 0 aliphatic carbocycles. The lowest BCUT2D eigenvalue weighted by Crippen LogP contribution is -2.23. The number of ether oxygens (including phenoxy) is 1. The molecule has 0 saturated heterocycles. The Morgan fingerprint density at radius 1 is 0.667 bits per heavy atom. The maximum absolute atomic E-state index is 9.20. The molecule has 0 saturated carbocycles. The Bertz CT molecular complexity index is 2350. The zero-order chi connectivity index (χ0) is 33.2. The Balaban J connectivity index is 1.20. The lowest BCUT2D eigenvalue weighted by atomic mass is 9.88. The Kier molecular flexibility index (Phi) is 5.60. The van der Waals surface area contributed by atoms with E-state index >= 15 is 0 Å². The SMILES string of the molecule is [2H]c1nc(-n2c3ccccc3c3ccc(Oc4cccc(N5CN(c6ccccc6)c6ccccc65)c4)cc32)c([2H])c(C(C)(C)C)c1[2H]. The van der Waals surface area contributed by atoms with Crippen LogP contribution in [0.2, 0.25) is 0 Å². The number of rotatable bonds is 5. The predicted molar refractivity (Wildman–Crippen MR) is 186 cm³/mol. The average Bonchev–Trinajstić information content (AvgIpc) is 3.63. The van der Waals surface area contributed by atoms with Crippen LogP contribution in [-0.4, -0.2) is 16.2 Å². The smallest absolute Gasteiger partial charge is 0.137 e. The molecule has 8 rings (SSSR count). The van der Waals surface area contributed by atoms with Gasteiger partial charge in [-0.05, 0) is 77.7 Å². The molecule has 1 aliphatic heterocycles. The van der Waals surface area contributed by atoms with Gasteiger partial charge in [-0.1, -0.05) is 75.4 Å². The van der Waals surface area contributed by atoms with Crippen molar-refractivity contribution in [3.8, 4) is 17.3 Å². The second kappa shape index (κ2) is 10.6. The summed E-state index contributed by atoms with van der Waals surface area (Å²) in [7, 11) is 0. The highest BCUT2D eigenvalue weighted by Crippen LogP contribution is 2.45. The van der Waals surface area contributed by atoms with Crippen molar-refractivity contribution < 1.29 is 8.85 Å². The van der Waals surface area contributed by atoms with Gasteiger partial charge in [-0.2, -0.15) is 0 Å². The summed E-state index contributed by atoms with van der Waals surface area (Å²) >= 11 is 0. The Labute approximate surface area is 267 Å². The van der Waals surface area contributed by atoms with Crippen molar-refractivity contribution in [1.82, 2.24) is 9.55 Å². The van der Waals surface area contributed by atoms with E-state index in [0.29, 0.717) is 29.5 Å². The molecule has 7 aromatic rings. The van der Waals surface area contributed by atoms with Gasteiger partial charge in [-0.25, -0.2) is 4.98 Å². The summed E-state index contributed by atoms with van der Waals surface area (Å²) in [6.45, 7) is 6.57. The minimum atomic E-state index is -0.506. The minimum Gasteiger partial charge on any atom is -0.457 e. The van der Waals surface area contributed by atoms with E-state index in [1.165, 1.54) is 0 Å². The van der Waals surface area contributed by atoms with Crippen molar-refractivity contribution in [1.29, 1.82) is 0 Å². The van der Waals surface area contributed by atoms with Gasteiger partial charge in [0.2, 0.25) is 0 Å². The molecule has 0 radical (unpaired) electrons. The molecule has 0 fully saturated rings. The molecular weight excluding hydrogens is 552 g/mol. The van der Waals surface area contributed by atoms with Crippen molar-refractivity contribution >= 4 is 44.6 Å². The number of hydrogen-bond donors (Lipinski definition) is 0. The van der Waals surface area contributed by atoms with E-state index in [1.807, 2.05) is 79.9 Å². The van der Waals surface area contributed by atoms with Crippen molar-refractivity contribution in [3.05, 3.63) is 145 Å². The Morgan fingerprint density at radius 3 is 2.13 bits per heavy atom. The Morgan fingerprint density at radius 2 is 1.33 bits per heavy atom. The van der Waals surface area contributed by atoms with E-state index in [1.54, 1.807) is 0 Å². The largest absolute Gasteiger partial charge is 0.457 e. The highest BCUT2D eigenvalue weighted by molar-refractivity contribution is 6.09. The van der Waals surface area contributed by atoms with Gasteiger partial charge in [-0.3, -0.25) is 4.57 Å².